The minimum atomic E-state index is -2.59. The lowest BCUT2D eigenvalue weighted by molar-refractivity contribution is -0.173. The first-order valence-electron chi connectivity index (χ1n) is 14.3. The number of nitrogens with two attached hydrogens (primary N) is 6. The molecule has 11 atom stereocenters. The van der Waals surface area contributed by atoms with Crippen LogP contribution in [0.25, 0.3) is 0 Å². The maximum absolute atomic E-state index is 13.3. The van der Waals surface area contributed by atoms with Gasteiger partial charge >= 0.3 is 0 Å². The molecule has 4 fully saturated rings. The van der Waals surface area contributed by atoms with E-state index in [2.05, 4.69) is 27.7 Å². The van der Waals surface area contributed by atoms with Gasteiger partial charge in [0.1, 0.15) is 5.66 Å². The van der Waals surface area contributed by atoms with Crippen LogP contribution in [0, 0.1) is 46.3 Å². The van der Waals surface area contributed by atoms with Crippen molar-refractivity contribution in [1.29, 1.82) is 0 Å². The van der Waals surface area contributed by atoms with E-state index in [1.807, 2.05) is 0 Å². The van der Waals surface area contributed by atoms with E-state index in [4.69, 9.17) is 34.4 Å². The zero-order valence-corrected chi connectivity index (χ0v) is 23.3. The number of carbonyl (C=O) groups is 1. The highest BCUT2D eigenvalue weighted by atomic mass is 16.4. The minimum Gasteiger partial charge on any atom is -0.401 e. The van der Waals surface area contributed by atoms with Crippen LogP contribution in [0.5, 0.6) is 0 Å². The van der Waals surface area contributed by atoms with Crippen LogP contribution in [-0.2, 0) is 4.79 Å². The van der Waals surface area contributed by atoms with Gasteiger partial charge in [0, 0.05) is 17.2 Å². The van der Waals surface area contributed by atoms with E-state index in [1.165, 1.54) is 19.3 Å². The lowest BCUT2D eigenvalue weighted by Crippen LogP contribution is -2.88. The van der Waals surface area contributed by atoms with Crippen LogP contribution in [0.2, 0.25) is 0 Å². The third-order valence-electron chi connectivity index (χ3n) is 12.4. The first-order valence-corrected chi connectivity index (χ1v) is 14.3. The Morgan fingerprint density at radius 3 is 2.19 bits per heavy atom. The summed E-state index contributed by atoms with van der Waals surface area (Å²) in [7, 11) is 0. The Bertz CT molecular complexity index is 1040. The van der Waals surface area contributed by atoms with Crippen LogP contribution >= 0.6 is 0 Å². The monoisotopic (exact) mass is 518 g/mol. The fraction of sp³-hybridized carbons (Fsp3) is 0.893. The molecule has 5 aliphatic rings. The molecular weight excluding hydrogens is 468 g/mol. The normalized spacial score (nSPS) is 52.9. The van der Waals surface area contributed by atoms with Crippen molar-refractivity contribution in [3.63, 3.8) is 0 Å². The second kappa shape index (κ2) is 7.77. The first-order chi connectivity index (χ1) is 16.9. The summed E-state index contributed by atoms with van der Waals surface area (Å²) in [6, 6.07) is -0.572. The third kappa shape index (κ3) is 2.82. The maximum Gasteiger partial charge on any atom is 0.195 e. The highest BCUT2D eigenvalue weighted by Crippen LogP contribution is 2.75. The summed E-state index contributed by atoms with van der Waals surface area (Å²) in [6.45, 7) is 11.2. The van der Waals surface area contributed by atoms with E-state index in [1.54, 1.807) is 6.92 Å². The fourth-order valence-corrected chi connectivity index (χ4v) is 10.4. The Morgan fingerprint density at radius 1 is 0.973 bits per heavy atom. The lowest BCUT2D eigenvalue weighted by Gasteiger charge is -2.65. The van der Waals surface area contributed by atoms with E-state index in [9.17, 15) is 15.0 Å². The smallest absolute Gasteiger partial charge is 0.195 e. The van der Waals surface area contributed by atoms with Gasteiger partial charge in [0.05, 0.1) is 0 Å². The summed E-state index contributed by atoms with van der Waals surface area (Å²) in [5, 5.41) is 23.2. The van der Waals surface area contributed by atoms with Crippen LogP contribution in [0.4, 0.5) is 0 Å². The predicted octanol–water partition coefficient (Wildman–Crippen LogP) is 0.353. The summed E-state index contributed by atoms with van der Waals surface area (Å²) in [5.74, 6) is 1.16. The molecule has 3 unspecified atom stereocenters. The lowest BCUT2D eigenvalue weighted by atomic mass is 9.42. The van der Waals surface area contributed by atoms with Gasteiger partial charge in [-0.15, -0.1) is 0 Å². The molecule has 0 aromatic heterocycles. The van der Waals surface area contributed by atoms with Gasteiger partial charge < -0.3 is 38.9 Å². The molecule has 0 radical (unpaired) electrons. The standard InChI is InChI=1S/C28H50N6O3/c1-13(2)7-6-8-14(3)15-9-10-16-18-17(11-12-23(15,16)4)24(5)21(20(30)19(18)29)27(32,33)28(34,37)25(31)22(35)26(24,25)36/h13-19,36-37H,6-12,29-34H2,1-5H3/t14-,15-,16+,17+,18+,19?,23-,24-,25?,26?,28+/m1/s1. The summed E-state index contributed by atoms with van der Waals surface area (Å²) >= 11 is 0. The minimum absolute atomic E-state index is 0.0678. The molecule has 0 saturated heterocycles. The van der Waals surface area contributed by atoms with Gasteiger partial charge in [-0.3, -0.25) is 10.5 Å². The number of hydrogen-bond donors (Lipinski definition) is 8. The maximum atomic E-state index is 13.3. The molecule has 5 aliphatic carbocycles. The molecule has 9 heteroatoms. The zero-order valence-electron chi connectivity index (χ0n) is 23.3. The first kappa shape index (κ1) is 27.5. The van der Waals surface area contributed by atoms with Crippen LogP contribution in [0.3, 0.4) is 0 Å². The molecule has 0 aliphatic heterocycles. The SMILES string of the molecule is CC(C)CCC[C@@H](C)[C@H]1CC[C@H]2[C@@H]3C(N)C(N)=C4C(N)(N)[C@@](N)(O)C5(N)C(=O)C5(O)[C@]4(C)[C@H]3CC[C@]12C. The topological polar surface area (TPSA) is 214 Å². The molecule has 0 bridgehead atoms. The summed E-state index contributed by atoms with van der Waals surface area (Å²) < 4.78 is 0. The molecule has 0 aromatic rings. The number of aliphatic hydroxyl groups is 2. The second-order valence-electron chi connectivity index (χ2n) is 14.4. The zero-order chi connectivity index (χ0) is 27.7. The van der Waals surface area contributed by atoms with Gasteiger partial charge in [0.2, 0.25) is 0 Å². The highest BCUT2D eigenvalue weighted by molar-refractivity contribution is 6.19. The Kier molecular flexibility index (Phi) is 5.78. The quantitative estimate of drug-likeness (QED) is 0.235. The number of carbonyl (C=O) groups excluding carboxylic acids is 1. The van der Waals surface area contributed by atoms with Gasteiger partial charge in [-0.05, 0) is 72.2 Å². The fourth-order valence-electron chi connectivity index (χ4n) is 10.4. The highest BCUT2D eigenvalue weighted by Gasteiger charge is 2.96. The van der Waals surface area contributed by atoms with Gasteiger partial charge in [-0.1, -0.05) is 53.9 Å². The van der Waals surface area contributed by atoms with E-state index < -0.39 is 39.8 Å². The van der Waals surface area contributed by atoms with Gasteiger partial charge in [0.25, 0.3) is 0 Å². The summed E-state index contributed by atoms with van der Waals surface area (Å²) in [6.07, 6.45) is 7.55. The van der Waals surface area contributed by atoms with Crippen LogP contribution in [0.15, 0.2) is 11.3 Å². The number of ketones is 1. The number of fused-ring (bicyclic) bond motifs is 7. The number of rotatable bonds is 5. The van der Waals surface area contributed by atoms with Crippen molar-refractivity contribution in [2.45, 2.75) is 108 Å². The Hall–Kier alpha value is -1.07. The van der Waals surface area contributed by atoms with E-state index >= 15 is 0 Å². The third-order valence-corrected chi connectivity index (χ3v) is 12.4. The van der Waals surface area contributed by atoms with Crippen molar-refractivity contribution in [2.24, 2.45) is 80.7 Å². The molecule has 4 saturated carbocycles. The molecule has 0 aromatic carbocycles. The van der Waals surface area contributed by atoms with Gasteiger partial charge in [-0.25, -0.2) is 0 Å². The Labute approximate surface area is 221 Å². The van der Waals surface area contributed by atoms with Crippen molar-refractivity contribution in [3.8, 4) is 0 Å². The molecule has 0 heterocycles. The van der Waals surface area contributed by atoms with Crippen molar-refractivity contribution in [1.82, 2.24) is 0 Å². The van der Waals surface area contributed by atoms with Crippen molar-refractivity contribution < 1.29 is 15.0 Å². The molecule has 210 valence electrons. The molecule has 37 heavy (non-hydrogen) atoms. The second-order valence-corrected chi connectivity index (χ2v) is 14.4. The molecular formula is C28H50N6O3. The Balaban J connectivity index is 1.56. The van der Waals surface area contributed by atoms with Gasteiger partial charge in [-0.2, -0.15) is 0 Å². The molecule has 5 rings (SSSR count). The van der Waals surface area contributed by atoms with E-state index in [-0.39, 0.29) is 34.4 Å². The van der Waals surface area contributed by atoms with Crippen molar-refractivity contribution in [2.75, 3.05) is 0 Å². The van der Waals surface area contributed by atoms with E-state index in [0.717, 1.165) is 25.7 Å². The molecule has 14 N–H and O–H groups in total. The number of Topliss-reactive ketones (excluding diaryl/α,β-unsaturated/α-hetero) is 1. The molecule has 0 amide bonds. The van der Waals surface area contributed by atoms with Gasteiger partial charge in [0.15, 0.2) is 22.6 Å². The van der Waals surface area contributed by atoms with Crippen LogP contribution in [-0.4, -0.2) is 44.6 Å². The van der Waals surface area contributed by atoms with Crippen LogP contribution in [0.1, 0.15) is 79.6 Å². The number of hydrogen-bond acceptors (Lipinski definition) is 9. The summed E-state index contributed by atoms with van der Waals surface area (Å²) in [4.78, 5) is 13.3. The predicted molar refractivity (Wildman–Crippen MR) is 143 cm³/mol. The van der Waals surface area contributed by atoms with E-state index in [0.29, 0.717) is 17.8 Å². The van der Waals surface area contributed by atoms with Crippen LogP contribution < -0.4 is 34.4 Å². The largest absolute Gasteiger partial charge is 0.401 e. The average Bonchev–Trinajstić information content (AvgIpc) is 3.09. The summed E-state index contributed by atoms with van der Waals surface area (Å²) in [5.41, 5.74) is 29.5. The van der Waals surface area contributed by atoms with Crippen molar-refractivity contribution in [3.05, 3.63) is 11.3 Å². The van der Waals surface area contributed by atoms with Crippen molar-refractivity contribution >= 4 is 5.78 Å². The average molecular weight is 519 g/mol. The Morgan fingerprint density at radius 2 is 1.59 bits per heavy atom. The molecule has 9 nitrogen and oxygen atoms in total. The molecule has 0 spiro atoms.